The second kappa shape index (κ2) is 39.0. The molecule has 0 saturated carbocycles. The number of ether oxygens (including phenoxy) is 3. The van der Waals surface area contributed by atoms with Crippen LogP contribution in [0.1, 0.15) is 136 Å². The quantitative estimate of drug-likeness (QED) is 0.0107. The maximum absolute atomic E-state index is 12.9. The summed E-state index contributed by atoms with van der Waals surface area (Å²) < 4.78 is 56.6. The number of anilines is 1. The molecule has 0 radical (unpaired) electrons. The van der Waals surface area contributed by atoms with Crippen molar-refractivity contribution in [2.45, 2.75) is 172 Å². The van der Waals surface area contributed by atoms with Gasteiger partial charge in [-0.25, -0.2) is 13.9 Å². The predicted octanol–water partition coefficient (Wildman–Crippen LogP) is 8.38. The van der Waals surface area contributed by atoms with Gasteiger partial charge in [0.15, 0.2) is 12.3 Å². The first-order valence-electron chi connectivity index (χ1n) is 25.5. The molecule has 22 heteroatoms. The Bertz CT molecular complexity index is 2160. The van der Waals surface area contributed by atoms with Crippen molar-refractivity contribution in [3.8, 4) is 0 Å². The molecule has 1 fully saturated rings. The molecule has 0 spiro atoms. The Morgan fingerprint density at radius 2 is 1.34 bits per heavy atom. The van der Waals surface area contributed by atoms with E-state index in [-0.39, 0.29) is 18.7 Å². The molecule has 20 nitrogen and oxygen atoms in total. The van der Waals surface area contributed by atoms with E-state index in [1.807, 2.05) is 37.3 Å². The molecule has 0 aromatic carbocycles. The Kier molecular flexibility index (Phi) is 34.7. The van der Waals surface area contributed by atoms with Gasteiger partial charge in [0.1, 0.15) is 30.7 Å². The summed E-state index contributed by atoms with van der Waals surface area (Å²) in [6.07, 6.45) is 35.6. The van der Waals surface area contributed by atoms with Crippen molar-refractivity contribution < 1.29 is 76.5 Å². The molecule has 1 aliphatic heterocycles. The van der Waals surface area contributed by atoms with Crippen molar-refractivity contribution in [2.75, 3.05) is 25.6 Å². The van der Waals surface area contributed by atoms with Crippen LogP contribution in [-0.4, -0.2) is 108 Å². The van der Waals surface area contributed by atoms with Gasteiger partial charge in [0.25, 0.3) is 0 Å². The van der Waals surface area contributed by atoms with E-state index >= 15 is 0 Å². The number of hydrogen-bond donors (Lipinski definition) is 7. The zero-order valence-corrected chi connectivity index (χ0v) is 44.6. The van der Waals surface area contributed by atoms with E-state index < -0.39 is 95.9 Å². The van der Waals surface area contributed by atoms with Gasteiger partial charge in [-0.15, -0.1) is 0 Å². The molecule has 1 aromatic heterocycles. The molecule has 1 aromatic rings. The predicted molar refractivity (Wildman–Crippen MR) is 282 cm³/mol. The average molecular weight is 1080 g/mol. The van der Waals surface area contributed by atoms with E-state index in [0.29, 0.717) is 32.1 Å². The molecule has 2 unspecified atom stereocenters. The minimum atomic E-state index is -5.47. The smallest absolute Gasteiger partial charge is 0.462 e. The van der Waals surface area contributed by atoms with Crippen LogP contribution in [0, 0.1) is 0 Å². The second-order valence-electron chi connectivity index (χ2n) is 17.4. The monoisotopic (exact) mass is 1080 g/mol. The van der Waals surface area contributed by atoms with E-state index in [2.05, 4.69) is 40.5 Å². The number of carbonyl (C=O) groups excluding carboxylic acids is 2. The van der Waals surface area contributed by atoms with E-state index in [4.69, 9.17) is 29.0 Å². The highest BCUT2D eigenvalue weighted by atomic mass is 31.3. The first-order valence-corrected chi connectivity index (χ1v) is 28.5. The molecular weight excluding hydrogens is 1000 g/mol. The molecule has 0 amide bonds. The largest absolute Gasteiger partial charge is 0.481 e. The topological polar surface area (TPSA) is 306 Å². The molecule has 416 valence electrons. The fourth-order valence-corrected chi connectivity index (χ4v) is 8.97. The normalized spacial score (nSPS) is 20.5. The van der Waals surface area contributed by atoms with Crippen LogP contribution in [0.2, 0.25) is 0 Å². The third-order valence-electron chi connectivity index (χ3n) is 10.9. The Morgan fingerprint density at radius 3 is 1.99 bits per heavy atom. The summed E-state index contributed by atoms with van der Waals surface area (Å²) in [5, 5.41) is 41.0. The minimum Gasteiger partial charge on any atom is -0.462 e. The van der Waals surface area contributed by atoms with Gasteiger partial charge in [-0.05, 0) is 70.3 Å². The maximum atomic E-state index is 12.9. The fraction of sp³-hybridized carbons (Fsp3) is 0.577. The number of aromatic nitrogens is 2. The van der Waals surface area contributed by atoms with Gasteiger partial charge in [-0.2, -0.15) is 9.29 Å². The van der Waals surface area contributed by atoms with Gasteiger partial charge in [0.05, 0.1) is 25.4 Å². The Labute approximate surface area is 435 Å². The van der Waals surface area contributed by atoms with Crippen LogP contribution in [0.3, 0.4) is 0 Å². The van der Waals surface area contributed by atoms with Crippen LogP contribution < -0.4 is 11.4 Å². The zero-order valence-electron chi connectivity index (χ0n) is 42.8. The van der Waals surface area contributed by atoms with Gasteiger partial charge in [-0.1, -0.05) is 150 Å². The van der Waals surface area contributed by atoms with E-state index in [9.17, 15) is 53.7 Å². The highest BCUT2D eigenvalue weighted by Crippen LogP contribution is 2.60. The number of nitrogens with zero attached hydrogens (tertiary/aromatic N) is 2. The Balaban J connectivity index is 1.87. The summed E-state index contributed by atoms with van der Waals surface area (Å²) in [4.78, 5) is 61.9. The number of carbonyl (C=O) groups is 2. The number of unbranched alkanes of at least 4 members (excludes halogenated alkanes) is 9. The second-order valence-corrected chi connectivity index (χ2v) is 20.4. The third kappa shape index (κ3) is 31.5. The van der Waals surface area contributed by atoms with Gasteiger partial charge in [0, 0.05) is 19.0 Å². The van der Waals surface area contributed by atoms with Gasteiger partial charge < -0.3 is 50.2 Å². The van der Waals surface area contributed by atoms with Crippen LogP contribution in [0.4, 0.5) is 5.82 Å². The van der Waals surface area contributed by atoms with Crippen LogP contribution in [0.25, 0.3) is 0 Å². The van der Waals surface area contributed by atoms with E-state index in [1.165, 1.54) is 31.7 Å². The molecule has 2 heterocycles. The third-order valence-corrected chi connectivity index (χ3v) is 13.5. The van der Waals surface area contributed by atoms with Crippen molar-refractivity contribution >= 4 is 33.4 Å². The molecule has 0 bridgehead atoms. The van der Waals surface area contributed by atoms with E-state index in [1.54, 1.807) is 42.5 Å². The molecule has 74 heavy (non-hydrogen) atoms. The summed E-state index contributed by atoms with van der Waals surface area (Å²) >= 11 is 0. The van der Waals surface area contributed by atoms with Crippen molar-refractivity contribution in [1.82, 2.24) is 9.55 Å². The number of aliphatic hydroxyl groups is 4. The number of esters is 2. The number of nitrogens with two attached hydrogens (primary N) is 1. The van der Waals surface area contributed by atoms with Crippen molar-refractivity contribution in [3.05, 3.63) is 120 Å². The van der Waals surface area contributed by atoms with Crippen LogP contribution in [0.15, 0.2) is 114 Å². The summed E-state index contributed by atoms with van der Waals surface area (Å²) in [6, 6.07) is 1.23. The number of aliphatic hydroxyl groups excluding tert-OH is 4. The zero-order chi connectivity index (χ0) is 54.5. The van der Waals surface area contributed by atoms with Gasteiger partial charge in [0.2, 0.25) is 0 Å². The number of rotatable bonds is 40. The lowest BCUT2D eigenvalue weighted by Crippen LogP contribution is -2.36. The van der Waals surface area contributed by atoms with Crippen molar-refractivity contribution in [2.24, 2.45) is 0 Å². The van der Waals surface area contributed by atoms with Gasteiger partial charge >= 0.3 is 33.3 Å². The SMILES string of the molecule is CC/C=C\C[C@@H](O)/C=C/C=C\C=C\[C@@H](O)C/C=C\C/C=C\CCC(=O)OC[C@H](COP(=O)(O)OP(=O)(O)OC[C@H]1O[C@@H](n2ccc(N)nc2=O)[C@H](O)[C@@H]1O)OC(=O)CCCCCCC/C=C\C=C/CCCCCC. The average Bonchev–Trinajstić information content (AvgIpc) is 3.63. The number of allylic oxidation sites excluding steroid dienone is 12. The molecule has 8 N–H and O–H groups in total. The first-order chi connectivity index (χ1) is 35.5. The van der Waals surface area contributed by atoms with Crippen LogP contribution in [-0.2, 0) is 46.3 Å². The molecule has 0 aliphatic carbocycles. The molecule has 1 aliphatic rings. The number of nitrogen functional groups attached to an aromatic ring is 1. The van der Waals surface area contributed by atoms with Gasteiger partial charge in [-0.3, -0.25) is 23.2 Å². The molecular formula is C52H81N3O17P2. The Morgan fingerprint density at radius 1 is 0.730 bits per heavy atom. The number of hydrogen-bond acceptors (Lipinski definition) is 17. The van der Waals surface area contributed by atoms with Crippen molar-refractivity contribution in [1.29, 1.82) is 0 Å². The maximum Gasteiger partial charge on any atom is 0.481 e. The summed E-state index contributed by atoms with van der Waals surface area (Å²) in [6.45, 7) is 1.74. The summed E-state index contributed by atoms with van der Waals surface area (Å²) in [5.74, 6) is -1.50. The summed E-state index contributed by atoms with van der Waals surface area (Å²) in [7, 11) is -10.9. The summed E-state index contributed by atoms with van der Waals surface area (Å²) in [5.41, 5.74) is 4.57. The number of phosphoric ester groups is 2. The lowest BCUT2D eigenvalue weighted by Gasteiger charge is -2.21. The molecule has 1 saturated heterocycles. The highest BCUT2D eigenvalue weighted by molar-refractivity contribution is 7.61. The van der Waals surface area contributed by atoms with Crippen LogP contribution >= 0.6 is 15.6 Å². The molecule has 9 atom stereocenters. The first kappa shape index (κ1) is 65.7. The fourth-order valence-electron chi connectivity index (χ4n) is 6.86. The minimum absolute atomic E-state index is 0.0111. The Hall–Kier alpha value is -4.40. The molecule has 2 rings (SSSR count). The van der Waals surface area contributed by atoms with Crippen LogP contribution in [0.5, 0.6) is 0 Å². The lowest BCUT2D eigenvalue weighted by atomic mass is 10.1. The standard InChI is InChI=1S/C52H81N3O17P2/c1-3-5-7-8-9-10-11-12-13-14-15-16-17-22-30-36-48(59)70-44(39-67-47(58)35-29-21-19-18-20-26-32-43(57)34-28-24-23-27-33-42(56)31-25-6-4-2)40-68-73(63,64)72-74(65,66)69-41-45-49(60)50(61)51(71-45)55-38-37-46(53)54-52(55)62/h6,10-13,19-21,23-28,33-34,37-38,42-45,49-51,56-57,60-61H,3-5,7-9,14-18,22,29-32,35-36,39-41H2,1-2H3,(H,63,64)(H,65,66)(H2,53,54,62)/b11-10-,13-12-,21-19-,24-23-,25-6-,26-20-,33-27+,34-28+/t42-,43+,44-,45-,49-,50-,51-/m1/s1. The van der Waals surface area contributed by atoms with Crippen molar-refractivity contribution in [3.63, 3.8) is 0 Å². The van der Waals surface area contributed by atoms with E-state index in [0.717, 1.165) is 55.7 Å². The number of phosphoric acid groups is 2. The lowest BCUT2D eigenvalue weighted by molar-refractivity contribution is -0.161. The highest BCUT2D eigenvalue weighted by Gasteiger charge is 2.46.